The quantitative estimate of drug-likeness (QED) is 0.0717. The number of phenolic OH excluding ortho intramolecular Hbond substituents is 2. The van der Waals surface area contributed by atoms with Crippen LogP contribution in [0.5, 0.6) is 11.5 Å². The van der Waals surface area contributed by atoms with Crippen molar-refractivity contribution >= 4 is 73.4 Å². The number of rotatable bonds is 12. The first-order chi connectivity index (χ1) is 32.7. The lowest BCUT2D eigenvalue weighted by Crippen LogP contribution is -2.31. The van der Waals surface area contributed by atoms with E-state index < -0.39 is 0 Å². The molecule has 0 saturated carbocycles. The number of benzene rings is 7. The van der Waals surface area contributed by atoms with Gasteiger partial charge in [0, 0.05) is 0 Å². The number of phenols is 2. The summed E-state index contributed by atoms with van der Waals surface area (Å²) in [6.07, 6.45) is 5.80. The molecule has 0 bridgehead atoms. The minimum absolute atomic E-state index is 0.0267. The molecule has 0 saturated heterocycles. The highest BCUT2D eigenvalue weighted by molar-refractivity contribution is 6.37. The first-order valence-electron chi connectivity index (χ1n) is 24.5. The molecule has 0 atom stereocenters. The Bertz CT molecular complexity index is 3330. The Kier molecular flexibility index (Phi) is 12.1. The van der Waals surface area contributed by atoms with E-state index in [1.165, 1.54) is 32.1 Å². The minimum atomic E-state index is -0.347. The predicted octanol–water partition coefficient (Wildman–Crippen LogP) is 14.9. The number of hydrogen-bond donors (Lipinski definition) is 2. The lowest BCUT2D eigenvalue weighted by molar-refractivity contribution is 0.0909. The van der Waals surface area contributed by atoms with Crippen LogP contribution in [0.3, 0.4) is 0 Å². The van der Waals surface area contributed by atoms with E-state index in [4.69, 9.17) is 0 Å². The molecule has 4 amide bonds. The molecule has 2 aliphatic heterocycles. The van der Waals surface area contributed by atoms with Gasteiger partial charge in [0.2, 0.25) is 0 Å². The predicted molar refractivity (Wildman–Crippen MR) is 281 cm³/mol. The maximum Gasteiger partial charge on any atom is 0.266 e. The van der Waals surface area contributed by atoms with Crippen LogP contribution in [0.4, 0.5) is 11.4 Å². The number of hydrogen-bond acceptors (Lipinski definition) is 6. The molecule has 352 valence electrons. The maximum atomic E-state index is 14.3. The Labute approximate surface area is 405 Å². The molecule has 0 radical (unpaired) electrons. The largest absolute Gasteiger partial charge is 0.508 e. The molecule has 2 heterocycles. The smallest absolute Gasteiger partial charge is 0.266 e. The van der Waals surface area contributed by atoms with Crippen LogP contribution >= 0.6 is 0 Å². The second kappa shape index (κ2) is 17.8. The Morgan fingerprint density at radius 2 is 0.768 bits per heavy atom. The Morgan fingerprint density at radius 1 is 0.449 bits per heavy atom. The van der Waals surface area contributed by atoms with E-state index in [-0.39, 0.29) is 58.8 Å². The fraction of sp³-hybridized carbons (Fsp3) is 0.311. The monoisotopic (exact) mass is 918 g/mol. The number of amides is 4. The van der Waals surface area contributed by atoms with Crippen molar-refractivity contribution in [3.63, 3.8) is 0 Å². The van der Waals surface area contributed by atoms with Crippen LogP contribution < -0.4 is 9.80 Å². The van der Waals surface area contributed by atoms with Crippen LogP contribution in [0.1, 0.15) is 192 Å². The van der Waals surface area contributed by atoms with Gasteiger partial charge in [-0.05, 0) is 214 Å². The number of anilines is 2. The molecular weight excluding hydrogens is 857 g/mol. The molecule has 0 fully saturated rings. The normalized spacial score (nSPS) is 13.8. The highest BCUT2D eigenvalue weighted by Gasteiger charge is 2.41. The van der Waals surface area contributed by atoms with Crippen molar-refractivity contribution in [2.45, 2.75) is 126 Å². The Hall–Kier alpha value is -7.06. The highest BCUT2D eigenvalue weighted by Crippen LogP contribution is 2.45. The van der Waals surface area contributed by atoms with Gasteiger partial charge in [-0.25, -0.2) is 9.80 Å². The zero-order valence-electron chi connectivity index (χ0n) is 41.7. The SMILES string of the molecule is CC(C)=Cc1cc2cc3c(cc2cc1CCCCc1cc2cc4cc5c(cc4cc2cc1C)C(=O)N(c1c(C(C)C)cc(O)cc1C(C)C)C5=O)C(=O)N(c1c(C(C)C)cc(O)cc1C(C)C)C3=O. The lowest BCUT2D eigenvalue weighted by Gasteiger charge is -2.25. The second-order valence-electron chi connectivity index (χ2n) is 20.9. The van der Waals surface area contributed by atoms with E-state index in [9.17, 15) is 29.4 Å². The van der Waals surface area contributed by atoms with Crippen LogP contribution in [0.15, 0.2) is 90.5 Å². The van der Waals surface area contributed by atoms with Gasteiger partial charge in [-0.3, -0.25) is 19.2 Å². The summed E-state index contributed by atoms with van der Waals surface area (Å²) in [6, 6.07) is 27.2. The fourth-order valence-electron chi connectivity index (χ4n) is 10.6. The fourth-order valence-corrected chi connectivity index (χ4v) is 10.6. The zero-order chi connectivity index (χ0) is 49.5. The van der Waals surface area contributed by atoms with Gasteiger partial charge < -0.3 is 10.2 Å². The van der Waals surface area contributed by atoms with Gasteiger partial charge in [0.05, 0.1) is 33.6 Å². The molecule has 0 aromatic heterocycles. The van der Waals surface area contributed by atoms with Gasteiger partial charge in [0.25, 0.3) is 23.6 Å². The number of nitrogens with zero attached hydrogens (tertiary/aromatic N) is 2. The van der Waals surface area contributed by atoms with Crippen molar-refractivity contribution in [1.29, 1.82) is 0 Å². The standard InChI is InChI=1S/C61H62N2O6/c1-31(2)16-39-20-43-24-53-52(58(66)62(59(53)67)56-48(32(3)4)27-46(64)28-49(56)33(5)6)23-42(43)19-38(39)15-13-12-14-37-18-41-22-45-26-55-54(25-44(45)21-40(41)17-36(37)11)60(68)63(61(55)69)57-50(34(7)8)29-47(65)30-51(57)35(9)10/h16-30,32-35,64-65H,12-15H2,1-11H3. The zero-order valence-corrected chi connectivity index (χ0v) is 41.7. The van der Waals surface area contributed by atoms with Crippen LogP contribution in [-0.2, 0) is 12.8 Å². The third-order valence-electron chi connectivity index (χ3n) is 14.2. The molecule has 2 N–H and O–H groups in total. The van der Waals surface area contributed by atoms with Crippen LogP contribution in [-0.4, -0.2) is 33.8 Å². The number of aryl methyl sites for hydroxylation is 3. The first-order valence-corrected chi connectivity index (χ1v) is 24.5. The van der Waals surface area contributed by atoms with Crippen molar-refractivity contribution in [2.24, 2.45) is 0 Å². The molecule has 8 nitrogen and oxygen atoms in total. The van der Waals surface area contributed by atoms with E-state index in [0.717, 1.165) is 85.8 Å². The molecule has 0 unspecified atom stereocenters. The van der Waals surface area contributed by atoms with Gasteiger partial charge in [-0.15, -0.1) is 0 Å². The molecule has 9 rings (SSSR count). The number of fused-ring (bicyclic) bond motifs is 5. The van der Waals surface area contributed by atoms with E-state index >= 15 is 0 Å². The number of carbonyl (C=O) groups excluding carboxylic acids is 4. The number of carbonyl (C=O) groups is 4. The van der Waals surface area contributed by atoms with E-state index in [0.29, 0.717) is 33.6 Å². The van der Waals surface area contributed by atoms with Crippen LogP contribution in [0, 0.1) is 6.92 Å². The lowest BCUT2D eigenvalue weighted by atomic mass is 9.91. The first kappa shape index (κ1) is 47.0. The van der Waals surface area contributed by atoms with Crippen LogP contribution in [0.2, 0.25) is 0 Å². The summed E-state index contributed by atoms with van der Waals surface area (Å²) >= 11 is 0. The van der Waals surface area contributed by atoms with E-state index in [1.54, 1.807) is 24.3 Å². The van der Waals surface area contributed by atoms with E-state index in [1.807, 2.05) is 79.7 Å². The third kappa shape index (κ3) is 8.28. The third-order valence-corrected chi connectivity index (χ3v) is 14.2. The second-order valence-corrected chi connectivity index (χ2v) is 20.9. The number of allylic oxidation sites excluding steroid dienone is 1. The van der Waals surface area contributed by atoms with Crippen molar-refractivity contribution in [1.82, 2.24) is 0 Å². The average molecular weight is 919 g/mol. The molecule has 69 heavy (non-hydrogen) atoms. The van der Waals surface area contributed by atoms with Crippen molar-refractivity contribution in [2.75, 3.05) is 9.80 Å². The summed E-state index contributed by atoms with van der Waals surface area (Å²) in [5.41, 5.74) is 11.7. The summed E-state index contributed by atoms with van der Waals surface area (Å²) in [5, 5.41) is 27.0. The van der Waals surface area contributed by atoms with Gasteiger partial charge in [-0.2, -0.15) is 0 Å². The molecule has 2 aliphatic rings. The summed E-state index contributed by atoms with van der Waals surface area (Å²) in [4.78, 5) is 59.6. The topological polar surface area (TPSA) is 115 Å². The van der Waals surface area contributed by atoms with E-state index in [2.05, 4.69) is 63.2 Å². The molecule has 0 spiro atoms. The molecule has 7 aromatic rings. The Balaban J connectivity index is 0.971. The van der Waals surface area contributed by atoms with Crippen molar-refractivity contribution in [3.8, 4) is 11.5 Å². The maximum absolute atomic E-state index is 14.3. The number of aromatic hydroxyl groups is 2. The van der Waals surface area contributed by atoms with Crippen LogP contribution in [0.25, 0.3) is 38.4 Å². The summed E-state index contributed by atoms with van der Waals surface area (Å²) in [7, 11) is 0. The number of unbranched alkanes of at least 4 members (excludes halogenated alkanes) is 1. The van der Waals surface area contributed by atoms with Gasteiger partial charge in [0.15, 0.2) is 0 Å². The highest BCUT2D eigenvalue weighted by atomic mass is 16.3. The summed E-state index contributed by atoms with van der Waals surface area (Å²) < 4.78 is 0. The summed E-state index contributed by atoms with van der Waals surface area (Å²) in [6.45, 7) is 22.3. The van der Waals surface area contributed by atoms with Gasteiger partial charge in [-0.1, -0.05) is 85.2 Å². The molecular formula is C61H62N2O6. The number of imide groups is 2. The molecule has 7 aromatic carbocycles. The van der Waals surface area contributed by atoms with Crippen molar-refractivity contribution < 1.29 is 29.4 Å². The minimum Gasteiger partial charge on any atom is -0.508 e. The molecule has 8 heteroatoms. The van der Waals surface area contributed by atoms with Gasteiger partial charge in [0.1, 0.15) is 11.5 Å². The molecule has 0 aliphatic carbocycles. The Morgan fingerprint density at radius 3 is 1.14 bits per heavy atom. The summed E-state index contributed by atoms with van der Waals surface area (Å²) in [5.74, 6) is -1.24. The van der Waals surface area contributed by atoms with Crippen molar-refractivity contribution in [3.05, 3.63) is 157 Å². The van der Waals surface area contributed by atoms with Gasteiger partial charge >= 0.3 is 0 Å². The average Bonchev–Trinajstić information content (AvgIpc) is 3.66.